The molecule has 0 aromatic rings. The molecular weight excluding hydrogens is 925 g/mol. The first-order valence-corrected chi connectivity index (χ1v) is 30.3. The summed E-state index contributed by atoms with van der Waals surface area (Å²) in [6.07, 6.45) is 88.5. The van der Waals surface area contributed by atoms with Crippen molar-refractivity contribution in [3.05, 3.63) is 146 Å². The van der Waals surface area contributed by atoms with Gasteiger partial charge in [0.25, 0.3) is 0 Å². The monoisotopic (exact) mass is 1030 g/mol. The molecule has 0 rings (SSSR count). The smallest absolute Gasteiger partial charge is 0.306 e. The Labute approximate surface area is 461 Å². The maximum atomic E-state index is 12.8. The lowest BCUT2D eigenvalue weighted by molar-refractivity contribution is -0.167. The highest BCUT2D eigenvalue weighted by molar-refractivity contribution is 5.71. The molecule has 422 valence electrons. The van der Waals surface area contributed by atoms with Gasteiger partial charge in [0.05, 0.1) is 0 Å². The van der Waals surface area contributed by atoms with E-state index in [0.717, 1.165) is 141 Å². The third-order valence-corrected chi connectivity index (χ3v) is 12.3. The first kappa shape index (κ1) is 70.3. The quantitative estimate of drug-likeness (QED) is 0.0261. The van der Waals surface area contributed by atoms with E-state index >= 15 is 0 Å². The van der Waals surface area contributed by atoms with E-state index in [1.807, 2.05) is 0 Å². The molecule has 1 atom stereocenters. The minimum atomic E-state index is -0.818. The van der Waals surface area contributed by atoms with Crippen molar-refractivity contribution < 1.29 is 28.6 Å². The molecule has 1 unspecified atom stereocenters. The number of carbonyl (C=O) groups excluding carboxylic acids is 3. The number of hydrogen-bond acceptors (Lipinski definition) is 6. The molecule has 0 saturated carbocycles. The third kappa shape index (κ3) is 60.0. The van der Waals surface area contributed by atoms with Crippen LogP contribution < -0.4 is 0 Å². The van der Waals surface area contributed by atoms with E-state index < -0.39 is 6.10 Å². The van der Waals surface area contributed by atoms with Gasteiger partial charge in [-0.3, -0.25) is 14.4 Å². The third-order valence-electron chi connectivity index (χ3n) is 12.3. The molecule has 6 heteroatoms. The minimum absolute atomic E-state index is 0.111. The van der Waals surface area contributed by atoms with Crippen molar-refractivity contribution in [3.8, 4) is 0 Å². The number of allylic oxidation sites excluding steroid dienone is 24. The predicted octanol–water partition coefficient (Wildman–Crippen LogP) is 20.8. The summed E-state index contributed by atoms with van der Waals surface area (Å²) >= 11 is 0. The first-order chi connectivity index (χ1) is 37.0. The second-order valence-electron chi connectivity index (χ2n) is 19.5. The predicted molar refractivity (Wildman–Crippen MR) is 325 cm³/mol. The molecule has 0 aromatic heterocycles. The van der Waals surface area contributed by atoms with Gasteiger partial charge in [-0.1, -0.05) is 244 Å². The molecular formula is C69H110O6. The van der Waals surface area contributed by atoms with Gasteiger partial charge in [-0.25, -0.2) is 0 Å². The molecule has 75 heavy (non-hydrogen) atoms. The summed E-state index contributed by atoms with van der Waals surface area (Å²) in [5, 5.41) is 0. The zero-order chi connectivity index (χ0) is 54.3. The van der Waals surface area contributed by atoms with Crippen LogP contribution in [-0.2, 0) is 28.6 Å². The van der Waals surface area contributed by atoms with Gasteiger partial charge in [0.1, 0.15) is 13.2 Å². The van der Waals surface area contributed by atoms with Crippen LogP contribution in [0.1, 0.15) is 252 Å². The Morgan fingerprint density at radius 2 is 0.547 bits per heavy atom. The first-order valence-electron chi connectivity index (χ1n) is 30.3. The summed E-state index contributed by atoms with van der Waals surface area (Å²) in [6.45, 7) is 6.40. The van der Waals surface area contributed by atoms with Gasteiger partial charge in [-0.05, 0) is 135 Å². The minimum Gasteiger partial charge on any atom is -0.462 e. The molecule has 0 saturated heterocycles. The lowest BCUT2D eigenvalue weighted by atomic mass is 10.1. The fraction of sp³-hybridized carbons (Fsp3) is 0.609. The summed E-state index contributed by atoms with van der Waals surface area (Å²) in [6, 6.07) is 0. The van der Waals surface area contributed by atoms with Crippen LogP contribution in [-0.4, -0.2) is 37.2 Å². The number of carbonyl (C=O) groups is 3. The van der Waals surface area contributed by atoms with E-state index in [0.29, 0.717) is 19.3 Å². The largest absolute Gasteiger partial charge is 0.462 e. The molecule has 0 aliphatic carbocycles. The van der Waals surface area contributed by atoms with Gasteiger partial charge in [0.2, 0.25) is 0 Å². The zero-order valence-corrected chi connectivity index (χ0v) is 48.3. The molecule has 0 radical (unpaired) electrons. The van der Waals surface area contributed by atoms with E-state index in [1.165, 1.54) is 64.2 Å². The van der Waals surface area contributed by atoms with Crippen LogP contribution >= 0.6 is 0 Å². The summed E-state index contributed by atoms with van der Waals surface area (Å²) in [5.41, 5.74) is 0. The van der Waals surface area contributed by atoms with Crippen molar-refractivity contribution in [3.63, 3.8) is 0 Å². The lowest BCUT2D eigenvalue weighted by Crippen LogP contribution is -2.30. The fourth-order valence-corrected chi connectivity index (χ4v) is 7.75. The van der Waals surface area contributed by atoms with Crippen LogP contribution in [0.4, 0.5) is 0 Å². The zero-order valence-electron chi connectivity index (χ0n) is 48.3. The highest BCUT2D eigenvalue weighted by Crippen LogP contribution is 2.13. The van der Waals surface area contributed by atoms with Crippen LogP contribution in [0.3, 0.4) is 0 Å². The molecule has 0 aliphatic rings. The Kier molecular flexibility index (Phi) is 58.0. The highest BCUT2D eigenvalue weighted by Gasteiger charge is 2.19. The highest BCUT2D eigenvalue weighted by atomic mass is 16.6. The van der Waals surface area contributed by atoms with Gasteiger partial charge >= 0.3 is 17.9 Å². The Balaban J connectivity index is 4.46. The van der Waals surface area contributed by atoms with Gasteiger partial charge in [0, 0.05) is 19.3 Å². The molecule has 0 N–H and O–H groups in total. The van der Waals surface area contributed by atoms with E-state index in [4.69, 9.17) is 14.2 Å². The summed E-state index contributed by atoms with van der Waals surface area (Å²) in [5.74, 6) is -1.000. The SMILES string of the molecule is CC/C=C\C/C=C\C/C=C\C/C=C\C/C=C\C/C=C\C/C=C\C/C=C\C/C=C\CCCC(=O)OCC(COC(=O)CCCCCCC/C=C\CCCCCCC)OC(=O)CCCCCCC/C=C\C/C=C\CCCC. The molecule has 0 aliphatic heterocycles. The Bertz CT molecular complexity index is 1660. The lowest BCUT2D eigenvalue weighted by Gasteiger charge is -2.18. The standard InChI is InChI=1S/C69H110O6/c1-4-7-10-13-16-19-22-25-28-29-30-31-32-33-34-35-36-37-38-39-40-41-42-45-47-50-53-56-59-62-68(71)74-65-66(75-69(72)63-60-57-54-51-48-44-27-24-21-18-15-12-9-6-3)64-73-67(70)61-58-55-52-49-46-43-26-23-20-17-14-11-8-5-2/h7,10,15-16,18-19,23-28,30-31,33-34,36-37,39-40,42,45,50,53,66H,4-6,8-9,11-14,17,20-22,29,32,35,38,41,43-44,46-49,51-52,54-65H2,1-3H3/b10-7-,18-15-,19-16-,26-23-,27-24-,28-25-,31-30-,34-33-,37-36-,40-39-,45-42-,53-50-. The van der Waals surface area contributed by atoms with Crippen molar-refractivity contribution in [2.75, 3.05) is 13.2 Å². The van der Waals surface area contributed by atoms with E-state index in [1.54, 1.807) is 0 Å². The van der Waals surface area contributed by atoms with Gasteiger partial charge in [-0.2, -0.15) is 0 Å². The van der Waals surface area contributed by atoms with Gasteiger partial charge < -0.3 is 14.2 Å². The number of ether oxygens (including phenoxy) is 3. The molecule has 0 heterocycles. The van der Waals surface area contributed by atoms with Crippen LogP contribution in [0.2, 0.25) is 0 Å². The Morgan fingerprint density at radius 3 is 0.920 bits per heavy atom. The second kappa shape index (κ2) is 61.8. The number of unbranched alkanes of at least 4 members (excludes halogenated alkanes) is 18. The normalized spacial score (nSPS) is 13.2. The van der Waals surface area contributed by atoms with Gasteiger partial charge in [-0.15, -0.1) is 0 Å². The van der Waals surface area contributed by atoms with E-state index in [2.05, 4.69) is 167 Å². The molecule has 0 amide bonds. The number of rotatable bonds is 53. The summed E-state index contributed by atoms with van der Waals surface area (Å²) < 4.78 is 16.8. The average Bonchev–Trinajstić information content (AvgIpc) is 3.41. The van der Waals surface area contributed by atoms with Crippen LogP contribution in [0, 0.1) is 0 Å². The van der Waals surface area contributed by atoms with Crippen LogP contribution in [0.25, 0.3) is 0 Å². The Hall–Kier alpha value is -4.71. The topological polar surface area (TPSA) is 78.9 Å². The van der Waals surface area contributed by atoms with Crippen molar-refractivity contribution in [2.45, 2.75) is 258 Å². The number of hydrogen-bond donors (Lipinski definition) is 0. The van der Waals surface area contributed by atoms with E-state index in [-0.39, 0.29) is 37.5 Å². The van der Waals surface area contributed by atoms with Gasteiger partial charge in [0.15, 0.2) is 6.10 Å². The maximum absolute atomic E-state index is 12.8. The molecule has 0 spiro atoms. The van der Waals surface area contributed by atoms with Crippen molar-refractivity contribution in [1.82, 2.24) is 0 Å². The Morgan fingerprint density at radius 1 is 0.280 bits per heavy atom. The summed E-state index contributed by atoms with van der Waals surface area (Å²) in [4.78, 5) is 38.2. The summed E-state index contributed by atoms with van der Waals surface area (Å²) in [7, 11) is 0. The fourth-order valence-electron chi connectivity index (χ4n) is 7.75. The van der Waals surface area contributed by atoms with Crippen LogP contribution in [0.5, 0.6) is 0 Å². The molecule has 0 fully saturated rings. The van der Waals surface area contributed by atoms with Crippen molar-refractivity contribution in [1.29, 1.82) is 0 Å². The molecule has 0 bridgehead atoms. The molecule has 0 aromatic carbocycles. The maximum Gasteiger partial charge on any atom is 0.306 e. The average molecular weight is 1040 g/mol. The number of esters is 3. The van der Waals surface area contributed by atoms with E-state index in [9.17, 15) is 14.4 Å². The second-order valence-corrected chi connectivity index (χ2v) is 19.5. The molecule has 6 nitrogen and oxygen atoms in total. The van der Waals surface area contributed by atoms with Crippen molar-refractivity contribution in [2.24, 2.45) is 0 Å². The van der Waals surface area contributed by atoms with Crippen molar-refractivity contribution >= 4 is 17.9 Å². The van der Waals surface area contributed by atoms with Crippen LogP contribution in [0.15, 0.2) is 146 Å².